The number of nitrogens with zero attached hydrogens (tertiary/aromatic N) is 1. The van der Waals surface area contributed by atoms with Crippen molar-refractivity contribution in [3.63, 3.8) is 0 Å². The number of hydroxylamine groups is 2. The van der Waals surface area contributed by atoms with Crippen LogP contribution in [0, 0.1) is 12.8 Å². The van der Waals surface area contributed by atoms with Crippen LogP contribution in [0.15, 0.2) is 48.5 Å². The maximum atomic E-state index is 11.4. The molecule has 0 saturated carbocycles. The molecule has 5 heteroatoms. The Bertz CT molecular complexity index is 716. The van der Waals surface area contributed by atoms with Gasteiger partial charge < -0.3 is 15.0 Å². The zero-order valence-corrected chi connectivity index (χ0v) is 14.2. The molecule has 1 aliphatic rings. The lowest BCUT2D eigenvalue weighted by Crippen LogP contribution is -2.35. The Kier molecular flexibility index (Phi) is 5.60. The number of aliphatic hydroxyl groups excluding tert-OH is 2. The van der Waals surface area contributed by atoms with E-state index in [1.807, 2.05) is 18.2 Å². The average molecular weight is 341 g/mol. The maximum Gasteiger partial charge on any atom is 0.140 e. The highest BCUT2D eigenvalue weighted by Gasteiger charge is 2.42. The molecule has 0 amide bonds. The molecule has 0 aliphatic carbocycles. The van der Waals surface area contributed by atoms with Gasteiger partial charge in [0, 0.05) is 12.5 Å². The number of hydrogen-bond acceptors (Lipinski definition) is 5. The molecule has 3 rings (SSSR count). The third-order valence-electron chi connectivity index (χ3n) is 4.70. The third-order valence-corrected chi connectivity index (χ3v) is 4.70. The summed E-state index contributed by atoms with van der Waals surface area (Å²) >= 11 is 0. The fourth-order valence-electron chi connectivity index (χ4n) is 3.24. The van der Waals surface area contributed by atoms with E-state index in [2.05, 4.69) is 37.3 Å². The first-order valence-corrected chi connectivity index (χ1v) is 8.42. The van der Waals surface area contributed by atoms with Gasteiger partial charge in [-0.15, -0.1) is 0 Å². The van der Waals surface area contributed by atoms with E-state index in [1.165, 1.54) is 5.56 Å². The first-order chi connectivity index (χ1) is 12.2. The van der Waals surface area contributed by atoms with E-state index < -0.39 is 18.1 Å². The molecule has 2 aromatic carbocycles. The van der Waals surface area contributed by atoms with E-state index in [0.29, 0.717) is 6.54 Å². The van der Waals surface area contributed by atoms with Crippen molar-refractivity contribution in [2.45, 2.75) is 25.6 Å². The number of aldehydes is 1. The van der Waals surface area contributed by atoms with E-state index in [9.17, 15) is 15.0 Å². The van der Waals surface area contributed by atoms with Crippen LogP contribution >= 0.6 is 0 Å². The normalized spacial score (nSPS) is 23.7. The van der Waals surface area contributed by atoms with Crippen LogP contribution in [-0.2, 0) is 16.2 Å². The van der Waals surface area contributed by atoms with Crippen LogP contribution in [0.3, 0.4) is 0 Å². The van der Waals surface area contributed by atoms with Crippen molar-refractivity contribution in [2.75, 3.05) is 13.2 Å². The van der Waals surface area contributed by atoms with Crippen molar-refractivity contribution in [1.29, 1.82) is 0 Å². The number of benzene rings is 2. The molecular weight excluding hydrogens is 318 g/mol. The summed E-state index contributed by atoms with van der Waals surface area (Å²) in [5.74, 6) is -0.414. The first-order valence-electron chi connectivity index (χ1n) is 8.42. The Balaban J connectivity index is 1.80. The molecule has 1 saturated heterocycles. The van der Waals surface area contributed by atoms with Crippen molar-refractivity contribution in [3.05, 3.63) is 59.7 Å². The summed E-state index contributed by atoms with van der Waals surface area (Å²) in [6.45, 7) is 2.04. The number of hydrogen-bond donors (Lipinski definition) is 2. The van der Waals surface area contributed by atoms with Gasteiger partial charge in [0.05, 0.1) is 19.3 Å². The summed E-state index contributed by atoms with van der Waals surface area (Å²) in [5.41, 5.74) is 4.43. The third kappa shape index (κ3) is 3.80. The minimum atomic E-state index is -0.565. The van der Waals surface area contributed by atoms with Gasteiger partial charge in [0.2, 0.25) is 0 Å². The monoisotopic (exact) mass is 341 g/mol. The molecule has 5 nitrogen and oxygen atoms in total. The molecule has 2 aromatic rings. The highest BCUT2D eigenvalue weighted by molar-refractivity contribution is 5.64. The predicted octanol–water partition coefficient (Wildman–Crippen LogP) is 1.95. The summed E-state index contributed by atoms with van der Waals surface area (Å²) in [7, 11) is 0. The van der Waals surface area contributed by atoms with Crippen molar-refractivity contribution in [2.24, 2.45) is 5.92 Å². The minimum Gasteiger partial charge on any atom is -0.396 e. The first kappa shape index (κ1) is 17.8. The average Bonchev–Trinajstić information content (AvgIpc) is 2.99. The number of aryl methyl sites for hydroxylation is 1. The van der Waals surface area contributed by atoms with Crippen LogP contribution in [0.4, 0.5) is 0 Å². The molecule has 0 aromatic heterocycles. The summed E-state index contributed by atoms with van der Waals surface area (Å²) in [6, 6.07) is 15.8. The Hall–Kier alpha value is -2.05. The molecular formula is C20H23NO4. The van der Waals surface area contributed by atoms with Gasteiger partial charge in [-0.05, 0) is 29.7 Å². The second-order valence-corrected chi connectivity index (χ2v) is 6.44. The van der Waals surface area contributed by atoms with Gasteiger partial charge in [0.25, 0.3) is 0 Å². The minimum absolute atomic E-state index is 0.200. The van der Waals surface area contributed by atoms with Crippen molar-refractivity contribution >= 4 is 6.29 Å². The lowest BCUT2D eigenvalue weighted by Gasteiger charge is -2.20. The van der Waals surface area contributed by atoms with Crippen LogP contribution in [0.25, 0.3) is 11.1 Å². The summed E-state index contributed by atoms with van der Waals surface area (Å²) < 4.78 is 0. The van der Waals surface area contributed by atoms with Gasteiger partial charge in [-0.2, -0.15) is 5.06 Å². The molecule has 3 atom stereocenters. The van der Waals surface area contributed by atoms with Crippen LogP contribution in [0.1, 0.15) is 11.1 Å². The molecule has 132 valence electrons. The van der Waals surface area contributed by atoms with E-state index in [1.54, 1.807) is 5.06 Å². The van der Waals surface area contributed by atoms with E-state index >= 15 is 0 Å². The van der Waals surface area contributed by atoms with Crippen LogP contribution in [-0.4, -0.2) is 46.9 Å². The standard InChI is InChI=1S/C20H23NO4/c1-14-5-7-16(8-6-14)17-4-2-3-15(9-17)10-21-19(12-23)18(11-22)20(13-24)25-21/h2-9,12,18-20,22,24H,10-11,13H2,1H3/t18?,19-,20?/m1/s1. The Morgan fingerprint density at radius 1 is 1.08 bits per heavy atom. The summed E-state index contributed by atoms with van der Waals surface area (Å²) in [5, 5.41) is 20.5. The number of carbonyl (C=O) groups excluding carboxylic acids is 1. The lowest BCUT2D eigenvalue weighted by atomic mass is 9.96. The van der Waals surface area contributed by atoms with Gasteiger partial charge in [-0.1, -0.05) is 48.0 Å². The fourth-order valence-corrected chi connectivity index (χ4v) is 3.24. The molecule has 0 bridgehead atoms. The van der Waals surface area contributed by atoms with Gasteiger partial charge >= 0.3 is 0 Å². The van der Waals surface area contributed by atoms with E-state index in [4.69, 9.17) is 4.84 Å². The fraction of sp³-hybridized carbons (Fsp3) is 0.350. The molecule has 0 radical (unpaired) electrons. The van der Waals surface area contributed by atoms with Gasteiger partial charge in [0.15, 0.2) is 0 Å². The highest BCUT2D eigenvalue weighted by Crippen LogP contribution is 2.29. The summed E-state index contributed by atoms with van der Waals surface area (Å²) in [4.78, 5) is 17.1. The lowest BCUT2D eigenvalue weighted by molar-refractivity contribution is -0.177. The maximum absolute atomic E-state index is 11.4. The van der Waals surface area contributed by atoms with E-state index in [-0.39, 0.29) is 13.2 Å². The van der Waals surface area contributed by atoms with Crippen LogP contribution in [0.2, 0.25) is 0 Å². The SMILES string of the molecule is Cc1ccc(-c2cccc(CN3OC(CO)C(CO)[C@H]3C=O)c2)cc1. The van der Waals surface area contributed by atoms with Gasteiger partial charge in [-0.25, -0.2) is 0 Å². The smallest absolute Gasteiger partial charge is 0.140 e. The van der Waals surface area contributed by atoms with Gasteiger partial charge in [-0.3, -0.25) is 4.84 Å². The zero-order chi connectivity index (χ0) is 17.8. The van der Waals surface area contributed by atoms with Gasteiger partial charge in [0.1, 0.15) is 12.4 Å². The number of carbonyl (C=O) groups is 1. The van der Waals surface area contributed by atoms with Crippen LogP contribution in [0.5, 0.6) is 0 Å². The Morgan fingerprint density at radius 3 is 2.48 bits per heavy atom. The number of aliphatic hydroxyl groups is 2. The largest absolute Gasteiger partial charge is 0.396 e. The predicted molar refractivity (Wildman–Crippen MR) is 94.5 cm³/mol. The van der Waals surface area contributed by atoms with Crippen molar-refractivity contribution in [3.8, 4) is 11.1 Å². The zero-order valence-electron chi connectivity index (χ0n) is 14.2. The highest BCUT2D eigenvalue weighted by atomic mass is 16.7. The molecule has 2 unspecified atom stereocenters. The van der Waals surface area contributed by atoms with Crippen molar-refractivity contribution in [1.82, 2.24) is 5.06 Å². The van der Waals surface area contributed by atoms with Crippen molar-refractivity contribution < 1.29 is 19.8 Å². The second kappa shape index (κ2) is 7.89. The molecule has 25 heavy (non-hydrogen) atoms. The number of rotatable bonds is 6. The molecule has 1 fully saturated rings. The Labute approximate surface area is 147 Å². The quantitative estimate of drug-likeness (QED) is 0.786. The second-order valence-electron chi connectivity index (χ2n) is 6.44. The van der Waals surface area contributed by atoms with Crippen LogP contribution < -0.4 is 0 Å². The topological polar surface area (TPSA) is 70.0 Å². The molecule has 2 N–H and O–H groups in total. The summed E-state index contributed by atoms with van der Waals surface area (Å²) in [6.07, 6.45) is 0.223. The Morgan fingerprint density at radius 2 is 1.84 bits per heavy atom. The molecule has 1 heterocycles. The van der Waals surface area contributed by atoms with E-state index in [0.717, 1.165) is 23.0 Å². The molecule has 0 spiro atoms. The molecule has 1 aliphatic heterocycles.